The number of thioether (sulfide) groups is 1. The van der Waals surface area contributed by atoms with Crippen LogP contribution in [0.4, 0.5) is 11.5 Å². The molecule has 1 heterocycles. The van der Waals surface area contributed by atoms with Crippen molar-refractivity contribution in [3.63, 3.8) is 0 Å². The lowest BCUT2D eigenvalue weighted by Gasteiger charge is -2.25. The second-order valence-corrected chi connectivity index (χ2v) is 4.95. The van der Waals surface area contributed by atoms with E-state index in [1.807, 2.05) is 13.2 Å². The van der Waals surface area contributed by atoms with Crippen molar-refractivity contribution in [1.29, 1.82) is 0 Å². The minimum atomic E-state index is -1.33. The number of rotatable bonds is 6. The molecule has 0 radical (unpaired) electrons. The summed E-state index contributed by atoms with van der Waals surface area (Å²) in [6, 6.07) is 1.38. The zero-order valence-electron chi connectivity index (χ0n) is 10.9. The van der Waals surface area contributed by atoms with Gasteiger partial charge < -0.3 is 10.0 Å². The number of carboxylic acids is 1. The summed E-state index contributed by atoms with van der Waals surface area (Å²) in [6.07, 6.45) is 2.96. The van der Waals surface area contributed by atoms with Crippen molar-refractivity contribution in [3.8, 4) is 0 Å². The van der Waals surface area contributed by atoms with Gasteiger partial charge in [0, 0.05) is 24.9 Å². The Hall–Kier alpha value is -1.83. The van der Waals surface area contributed by atoms with Crippen molar-refractivity contribution >= 4 is 29.2 Å². The van der Waals surface area contributed by atoms with E-state index in [1.54, 1.807) is 23.7 Å². The molecular weight excluding hydrogens is 270 g/mol. The Morgan fingerprint density at radius 1 is 1.68 bits per heavy atom. The molecule has 0 fully saturated rings. The average Bonchev–Trinajstić information content (AvgIpc) is 2.37. The van der Waals surface area contributed by atoms with Crippen LogP contribution in [0.1, 0.15) is 17.3 Å². The highest BCUT2D eigenvalue weighted by atomic mass is 32.2. The summed E-state index contributed by atoms with van der Waals surface area (Å²) in [4.78, 5) is 26.8. The fourth-order valence-electron chi connectivity index (χ4n) is 1.53. The number of pyridine rings is 1. The Balaban J connectivity index is 3.15. The van der Waals surface area contributed by atoms with E-state index in [0.29, 0.717) is 5.82 Å². The largest absolute Gasteiger partial charge is 0.477 e. The topological polar surface area (TPSA) is 96.6 Å². The van der Waals surface area contributed by atoms with Gasteiger partial charge >= 0.3 is 11.7 Å². The summed E-state index contributed by atoms with van der Waals surface area (Å²) < 4.78 is 0. The molecule has 8 heteroatoms. The van der Waals surface area contributed by atoms with E-state index < -0.39 is 16.6 Å². The molecule has 1 aromatic rings. The van der Waals surface area contributed by atoms with Crippen LogP contribution in [0.2, 0.25) is 0 Å². The maximum absolute atomic E-state index is 11.0. The summed E-state index contributed by atoms with van der Waals surface area (Å²) in [5.74, 6) is -0.0804. The average molecular weight is 285 g/mol. The summed E-state index contributed by atoms with van der Waals surface area (Å²) >= 11 is 1.66. The van der Waals surface area contributed by atoms with Crippen molar-refractivity contribution in [2.45, 2.75) is 13.0 Å². The molecular formula is C11H15N3O4S. The molecule has 0 aliphatic rings. The molecule has 0 saturated carbocycles. The zero-order chi connectivity index (χ0) is 14.6. The molecule has 7 nitrogen and oxygen atoms in total. The molecule has 104 valence electrons. The molecule has 0 aliphatic heterocycles. The third-order valence-electron chi connectivity index (χ3n) is 2.73. The van der Waals surface area contributed by atoms with Crippen LogP contribution in [0.25, 0.3) is 0 Å². The van der Waals surface area contributed by atoms with Gasteiger partial charge in [-0.3, -0.25) is 10.1 Å². The number of aromatic carboxylic acids is 1. The van der Waals surface area contributed by atoms with E-state index >= 15 is 0 Å². The van der Waals surface area contributed by atoms with Gasteiger partial charge in [0.05, 0.1) is 4.92 Å². The number of carbonyl (C=O) groups is 1. The molecule has 1 rings (SSSR count). The van der Waals surface area contributed by atoms with Gasteiger partial charge in [0.25, 0.3) is 0 Å². The van der Waals surface area contributed by atoms with E-state index in [0.717, 1.165) is 11.9 Å². The second-order valence-electron chi connectivity index (χ2n) is 4.04. The van der Waals surface area contributed by atoms with Gasteiger partial charge in [-0.2, -0.15) is 11.8 Å². The first-order valence-electron chi connectivity index (χ1n) is 5.48. The Bertz CT molecular complexity index is 495. The van der Waals surface area contributed by atoms with E-state index in [-0.39, 0.29) is 11.6 Å². The van der Waals surface area contributed by atoms with Crippen LogP contribution in [0, 0.1) is 10.1 Å². The zero-order valence-corrected chi connectivity index (χ0v) is 11.7. The smallest absolute Gasteiger partial charge is 0.342 e. The first-order chi connectivity index (χ1) is 8.88. The van der Waals surface area contributed by atoms with Crippen molar-refractivity contribution in [2.24, 2.45) is 0 Å². The predicted molar refractivity (Wildman–Crippen MR) is 74.1 cm³/mol. The van der Waals surface area contributed by atoms with Crippen LogP contribution in [0.15, 0.2) is 12.3 Å². The van der Waals surface area contributed by atoms with Crippen molar-refractivity contribution in [1.82, 2.24) is 4.98 Å². The van der Waals surface area contributed by atoms with Gasteiger partial charge in [0.1, 0.15) is 17.6 Å². The maximum Gasteiger partial charge on any atom is 0.342 e. The first-order valence-corrected chi connectivity index (χ1v) is 6.87. The van der Waals surface area contributed by atoms with Gasteiger partial charge in [0.15, 0.2) is 0 Å². The Labute approximate surface area is 114 Å². The summed E-state index contributed by atoms with van der Waals surface area (Å²) in [5.41, 5.74) is -0.847. The monoisotopic (exact) mass is 285 g/mol. The molecule has 0 aromatic carbocycles. The lowest BCUT2D eigenvalue weighted by atomic mass is 10.2. The highest BCUT2D eigenvalue weighted by Crippen LogP contribution is 2.23. The van der Waals surface area contributed by atoms with E-state index in [4.69, 9.17) is 5.11 Å². The van der Waals surface area contributed by atoms with Gasteiger partial charge in [-0.25, -0.2) is 9.78 Å². The molecule has 1 N–H and O–H groups in total. The third kappa shape index (κ3) is 3.57. The van der Waals surface area contributed by atoms with E-state index in [1.165, 1.54) is 6.07 Å². The van der Waals surface area contributed by atoms with Crippen LogP contribution >= 0.6 is 11.8 Å². The van der Waals surface area contributed by atoms with Gasteiger partial charge in [0.2, 0.25) is 0 Å². The van der Waals surface area contributed by atoms with Crippen LogP contribution < -0.4 is 4.90 Å². The van der Waals surface area contributed by atoms with Crippen LogP contribution in [-0.4, -0.2) is 46.1 Å². The van der Waals surface area contributed by atoms with Gasteiger partial charge in [-0.05, 0) is 13.2 Å². The molecule has 0 aliphatic carbocycles. The number of nitro groups is 1. The molecule has 0 bridgehead atoms. The number of hydrogen-bond donors (Lipinski definition) is 1. The first kappa shape index (κ1) is 15.2. The van der Waals surface area contributed by atoms with Gasteiger partial charge in [-0.1, -0.05) is 0 Å². The third-order valence-corrected chi connectivity index (χ3v) is 3.54. The van der Waals surface area contributed by atoms with Crippen LogP contribution in [0.5, 0.6) is 0 Å². The molecule has 1 unspecified atom stereocenters. The predicted octanol–water partition coefficient (Wildman–Crippen LogP) is 1.88. The highest BCUT2D eigenvalue weighted by molar-refractivity contribution is 7.98. The summed E-state index contributed by atoms with van der Waals surface area (Å²) in [5, 5.41) is 19.7. The maximum atomic E-state index is 11.0. The van der Waals surface area contributed by atoms with Crippen molar-refractivity contribution in [3.05, 3.63) is 27.9 Å². The highest BCUT2D eigenvalue weighted by Gasteiger charge is 2.23. The van der Waals surface area contributed by atoms with E-state index in [2.05, 4.69) is 4.98 Å². The SMILES string of the molecule is CSCC(C)N(C)c1cc(C(=O)O)c([N+](=O)[O-])cn1. The standard InChI is InChI=1S/C11H15N3O4S/c1-7(6-19-3)13(2)10-4-8(11(15)16)9(5-12-10)14(17)18/h4-5,7H,6H2,1-3H3,(H,15,16). The normalized spacial score (nSPS) is 11.9. The fraction of sp³-hybridized carbons (Fsp3) is 0.455. The van der Waals surface area contributed by atoms with Gasteiger partial charge in [-0.15, -0.1) is 0 Å². The molecule has 19 heavy (non-hydrogen) atoms. The molecule has 0 spiro atoms. The van der Waals surface area contributed by atoms with E-state index in [9.17, 15) is 14.9 Å². The summed E-state index contributed by atoms with van der Waals surface area (Å²) in [6.45, 7) is 1.97. The van der Waals surface area contributed by atoms with Crippen molar-refractivity contribution in [2.75, 3.05) is 24.0 Å². The Kier molecular flexibility index (Phi) is 5.11. The second kappa shape index (κ2) is 6.37. The summed E-state index contributed by atoms with van der Waals surface area (Å²) in [7, 11) is 1.78. The number of nitrogens with zero attached hydrogens (tertiary/aromatic N) is 3. The number of carboxylic acid groups (broad SMARTS) is 1. The minimum Gasteiger partial charge on any atom is -0.477 e. The number of aromatic nitrogens is 1. The number of hydrogen-bond acceptors (Lipinski definition) is 6. The molecule has 1 atom stereocenters. The van der Waals surface area contributed by atoms with Crippen molar-refractivity contribution < 1.29 is 14.8 Å². The number of anilines is 1. The minimum absolute atomic E-state index is 0.144. The lowest BCUT2D eigenvalue weighted by molar-refractivity contribution is -0.385. The van der Waals surface area contributed by atoms with Crippen LogP contribution in [-0.2, 0) is 0 Å². The lowest BCUT2D eigenvalue weighted by Crippen LogP contribution is -2.31. The fourth-order valence-corrected chi connectivity index (χ4v) is 2.23. The molecule has 0 amide bonds. The Morgan fingerprint density at radius 3 is 2.79 bits per heavy atom. The Morgan fingerprint density at radius 2 is 2.32 bits per heavy atom. The quantitative estimate of drug-likeness (QED) is 0.629. The van der Waals surface area contributed by atoms with Crippen LogP contribution in [0.3, 0.4) is 0 Å². The molecule has 0 saturated heterocycles. The molecule has 1 aromatic heterocycles.